The number of aromatic nitrogens is 1. The second-order valence-corrected chi connectivity index (χ2v) is 9.84. The van der Waals surface area contributed by atoms with E-state index in [1.54, 1.807) is 41.3 Å². The van der Waals surface area contributed by atoms with Crippen LogP contribution in [0.25, 0.3) is 16.9 Å². The molecule has 1 heterocycles. The maximum atomic E-state index is 13.5. The van der Waals surface area contributed by atoms with Crippen LogP contribution in [0.15, 0.2) is 59.5 Å². The molecule has 0 unspecified atom stereocenters. The summed E-state index contributed by atoms with van der Waals surface area (Å²) in [6.07, 6.45) is 2.60. The van der Waals surface area contributed by atoms with E-state index in [0.29, 0.717) is 19.5 Å². The largest absolute Gasteiger partial charge is 0.351 e. The molecule has 2 amide bonds. The van der Waals surface area contributed by atoms with Crippen LogP contribution in [0.3, 0.4) is 0 Å². The molecule has 6 nitrogen and oxygen atoms in total. The number of carbonyl (C=O) groups is 1. The number of primary amides is 1. The lowest BCUT2D eigenvalue weighted by Crippen LogP contribution is -2.37. The predicted octanol–water partition coefficient (Wildman–Crippen LogP) is 4.33. The van der Waals surface area contributed by atoms with Crippen molar-refractivity contribution in [1.29, 1.82) is 0 Å². The lowest BCUT2D eigenvalue weighted by Gasteiger charge is -2.19. The molecule has 0 spiro atoms. The summed E-state index contributed by atoms with van der Waals surface area (Å²) < 4.78 is 39.2. The number of benzene rings is 2. The number of nitrogens with two attached hydrogens (primary N) is 1. The normalized spacial score (nSPS) is 11.5. The molecule has 1 aromatic heterocycles. The average molecular weight is 458 g/mol. The molecule has 0 atom stereocenters. The summed E-state index contributed by atoms with van der Waals surface area (Å²) in [5, 5.41) is 0. The first-order chi connectivity index (χ1) is 15.1. The van der Waals surface area contributed by atoms with Gasteiger partial charge < -0.3 is 15.2 Å². The van der Waals surface area contributed by atoms with E-state index >= 15 is 0 Å². The van der Waals surface area contributed by atoms with Crippen molar-refractivity contribution in [2.24, 2.45) is 5.73 Å². The summed E-state index contributed by atoms with van der Waals surface area (Å²) >= 11 is 0. The molecule has 170 valence electrons. The number of carbonyl (C=O) groups excluding carboxylic acids is 1. The molecule has 0 aliphatic heterocycles. The summed E-state index contributed by atoms with van der Waals surface area (Å²) in [7, 11) is -3.30. The molecule has 8 heteroatoms. The number of halogens is 1. The second-order valence-electron chi connectivity index (χ2n) is 7.82. The van der Waals surface area contributed by atoms with Gasteiger partial charge in [0.1, 0.15) is 5.82 Å². The van der Waals surface area contributed by atoms with Crippen molar-refractivity contribution in [3.63, 3.8) is 0 Å². The second kappa shape index (κ2) is 9.56. The molecule has 0 saturated carbocycles. The molecule has 0 fully saturated rings. The summed E-state index contributed by atoms with van der Waals surface area (Å²) in [4.78, 5) is 13.6. The van der Waals surface area contributed by atoms with Gasteiger partial charge in [0.05, 0.1) is 10.6 Å². The SMILES string of the molecule is CCCN(CCc1cc(-c2ccc(S(C)(=O)=O)cc2)n(-c2ccc(F)cc2)c1C)C(N)=O. The fraction of sp³-hybridized carbons (Fsp3) is 0.292. The number of hydrogen-bond acceptors (Lipinski definition) is 3. The van der Waals surface area contributed by atoms with E-state index in [2.05, 4.69) is 0 Å². The van der Waals surface area contributed by atoms with Gasteiger partial charge in [0.25, 0.3) is 0 Å². The van der Waals surface area contributed by atoms with Crippen LogP contribution in [0.1, 0.15) is 24.6 Å². The Balaban J connectivity index is 2.05. The van der Waals surface area contributed by atoms with Crippen LogP contribution in [-0.4, -0.2) is 43.3 Å². The van der Waals surface area contributed by atoms with E-state index in [1.165, 1.54) is 18.4 Å². The van der Waals surface area contributed by atoms with Crippen LogP contribution in [0.5, 0.6) is 0 Å². The molecule has 2 aromatic carbocycles. The van der Waals surface area contributed by atoms with Gasteiger partial charge in [-0.05, 0) is 73.4 Å². The first-order valence-corrected chi connectivity index (χ1v) is 12.3. The highest BCUT2D eigenvalue weighted by molar-refractivity contribution is 7.90. The van der Waals surface area contributed by atoms with Gasteiger partial charge in [-0.25, -0.2) is 17.6 Å². The van der Waals surface area contributed by atoms with Gasteiger partial charge in [-0.1, -0.05) is 19.1 Å². The van der Waals surface area contributed by atoms with Crippen molar-refractivity contribution in [3.8, 4) is 16.9 Å². The highest BCUT2D eigenvalue weighted by Crippen LogP contribution is 2.31. The fourth-order valence-electron chi connectivity index (χ4n) is 3.78. The van der Waals surface area contributed by atoms with Crippen molar-refractivity contribution in [2.45, 2.75) is 31.6 Å². The molecule has 0 aliphatic rings. The summed E-state index contributed by atoms with van der Waals surface area (Å²) in [5.74, 6) is -0.325. The topological polar surface area (TPSA) is 85.4 Å². The van der Waals surface area contributed by atoms with Crippen molar-refractivity contribution in [2.75, 3.05) is 19.3 Å². The minimum atomic E-state index is -3.30. The molecule has 0 aliphatic carbocycles. The standard InChI is InChI=1S/C24H28FN3O3S/c1-4-14-27(24(26)29)15-13-19-16-23(18-5-11-22(12-6-18)32(3,30)31)28(17(19)2)21-9-7-20(25)8-10-21/h5-12,16H,4,13-15H2,1-3H3,(H2,26,29). The van der Waals surface area contributed by atoms with Crippen molar-refractivity contribution < 1.29 is 17.6 Å². The van der Waals surface area contributed by atoms with Crippen molar-refractivity contribution in [1.82, 2.24) is 9.47 Å². The van der Waals surface area contributed by atoms with Crippen molar-refractivity contribution in [3.05, 3.63) is 71.7 Å². The Hall–Kier alpha value is -3.13. The molecule has 32 heavy (non-hydrogen) atoms. The Morgan fingerprint density at radius 1 is 1.06 bits per heavy atom. The zero-order valence-corrected chi connectivity index (χ0v) is 19.3. The molecule has 3 aromatic rings. The first kappa shape index (κ1) is 23.5. The minimum absolute atomic E-state index is 0.245. The number of amides is 2. The molecule has 0 radical (unpaired) electrons. The maximum Gasteiger partial charge on any atom is 0.314 e. The van der Waals surface area contributed by atoms with Gasteiger partial charge in [0, 0.05) is 30.7 Å². The highest BCUT2D eigenvalue weighted by atomic mass is 32.2. The zero-order chi connectivity index (χ0) is 23.5. The Morgan fingerprint density at radius 2 is 1.69 bits per heavy atom. The van der Waals surface area contributed by atoms with E-state index in [-0.39, 0.29) is 10.7 Å². The zero-order valence-electron chi connectivity index (χ0n) is 18.5. The Labute approximate surface area is 188 Å². The van der Waals surface area contributed by atoms with Crippen molar-refractivity contribution >= 4 is 15.9 Å². The lowest BCUT2D eigenvalue weighted by molar-refractivity contribution is 0.208. The van der Waals surface area contributed by atoms with Crippen LogP contribution >= 0.6 is 0 Å². The van der Waals surface area contributed by atoms with E-state index in [0.717, 1.165) is 34.6 Å². The van der Waals surface area contributed by atoms with Crippen LogP contribution < -0.4 is 5.73 Å². The summed E-state index contributed by atoms with van der Waals surface area (Å²) in [5.41, 5.74) is 9.96. The average Bonchev–Trinajstić information content (AvgIpc) is 3.07. The van der Waals surface area contributed by atoms with E-state index in [9.17, 15) is 17.6 Å². The van der Waals surface area contributed by atoms with Gasteiger partial charge >= 0.3 is 6.03 Å². The fourth-order valence-corrected chi connectivity index (χ4v) is 4.41. The predicted molar refractivity (Wildman–Crippen MR) is 124 cm³/mol. The number of hydrogen-bond donors (Lipinski definition) is 1. The van der Waals surface area contributed by atoms with Gasteiger partial charge in [0.2, 0.25) is 0 Å². The molecule has 0 bridgehead atoms. The van der Waals surface area contributed by atoms with E-state index < -0.39 is 15.9 Å². The summed E-state index contributed by atoms with van der Waals surface area (Å²) in [6, 6.07) is 14.5. The smallest absolute Gasteiger partial charge is 0.314 e. The third kappa shape index (κ3) is 5.19. The van der Waals surface area contributed by atoms with Crippen LogP contribution in [0.2, 0.25) is 0 Å². The number of urea groups is 1. The Kier molecular flexibility index (Phi) is 7.03. The maximum absolute atomic E-state index is 13.5. The molecular formula is C24H28FN3O3S. The first-order valence-electron chi connectivity index (χ1n) is 10.4. The number of rotatable bonds is 8. The molecule has 0 saturated heterocycles. The lowest BCUT2D eigenvalue weighted by atomic mass is 10.1. The van der Waals surface area contributed by atoms with E-state index in [1.807, 2.05) is 24.5 Å². The molecule has 3 rings (SSSR count). The summed E-state index contributed by atoms with van der Waals surface area (Å²) in [6.45, 7) is 5.04. The Bertz CT molecular complexity index is 1200. The molecule has 2 N–H and O–H groups in total. The third-order valence-corrected chi connectivity index (χ3v) is 6.60. The van der Waals surface area contributed by atoms with Gasteiger partial charge in [-0.15, -0.1) is 0 Å². The Morgan fingerprint density at radius 3 is 2.22 bits per heavy atom. The quantitative estimate of drug-likeness (QED) is 0.546. The van der Waals surface area contributed by atoms with Gasteiger partial charge in [-0.3, -0.25) is 0 Å². The van der Waals surface area contributed by atoms with Crippen LogP contribution in [-0.2, 0) is 16.3 Å². The third-order valence-electron chi connectivity index (χ3n) is 5.47. The number of nitrogens with zero attached hydrogens (tertiary/aromatic N) is 2. The van der Waals surface area contributed by atoms with E-state index in [4.69, 9.17) is 5.73 Å². The van der Waals surface area contributed by atoms with Gasteiger partial charge in [0.15, 0.2) is 9.84 Å². The monoisotopic (exact) mass is 457 g/mol. The molecular weight excluding hydrogens is 429 g/mol. The van der Waals surface area contributed by atoms with Crippen LogP contribution in [0.4, 0.5) is 9.18 Å². The highest BCUT2D eigenvalue weighted by Gasteiger charge is 2.17. The van der Waals surface area contributed by atoms with Gasteiger partial charge in [-0.2, -0.15) is 0 Å². The minimum Gasteiger partial charge on any atom is -0.351 e. The van der Waals surface area contributed by atoms with Crippen LogP contribution in [0, 0.1) is 12.7 Å². The number of sulfone groups is 1.